The third-order valence-corrected chi connectivity index (χ3v) is 3.19. The molecule has 7 nitrogen and oxygen atoms in total. The minimum atomic E-state index is -1.14. The van der Waals surface area contributed by atoms with E-state index >= 15 is 0 Å². The molecule has 0 aliphatic carbocycles. The lowest BCUT2D eigenvalue weighted by Crippen LogP contribution is -2.32. The Bertz CT molecular complexity index is 730. The molecule has 0 aromatic heterocycles. The van der Waals surface area contributed by atoms with Crippen molar-refractivity contribution in [2.75, 3.05) is 0 Å². The molecule has 2 aromatic carbocycles. The number of nitro groups is 1. The van der Waals surface area contributed by atoms with Gasteiger partial charge in [0.1, 0.15) is 11.8 Å². The van der Waals surface area contributed by atoms with Crippen LogP contribution in [0.3, 0.4) is 0 Å². The summed E-state index contributed by atoms with van der Waals surface area (Å²) in [5, 5.41) is 29.5. The molecule has 22 heavy (non-hydrogen) atoms. The topological polar surface area (TPSA) is 127 Å². The Kier molecular flexibility index (Phi) is 4.38. The fourth-order valence-electron chi connectivity index (χ4n) is 2.12. The van der Waals surface area contributed by atoms with E-state index < -0.39 is 16.9 Å². The number of hydrogen-bond acceptors (Lipinski definition) is 5. The number of phenols is 1. The average molecular weight is 302 g/mol. The van der Waals surface area contributed by atoms with E-state index in [1.165, 1.54) is 30.3 Å². The van der Waals surface area contributed by atoms with Gasteiger partial charge in [-0.05, 0) is 35.7 Å². The van der Waals surface area contributed by atoms with Crippen LogP contribution in [0, 0.1) is 10.1 Å². The van der Waals surface area contributed by atoms with Crippen molar-refractivity contribution in [1.82, 2.24) is 0 Å². The van der Waals surface area contributed by atoms with E-state index in [1.54, 1.807) is 12.1 Å². The van der Waals surface area contributed by atoms with Crippen LogP contribution in [0.5, 0.6) is 5.75 Å². The van der Waals surface area contributed by atoms with Crippen LogP contribution in [0.2, 0.25) is 0 Å². The summed E-state index contributed by atoms with van der Waals surface area (Å²) in [6, 6.07) is 9.29. The number of carbonyl (C=O) groups is 1. The van der Waals surface area contributed by atoms with Crippen LogP contribution in [0.4, 0.5) is 5.69 Å². The van der Waals surface area contributed by atoms with Gasteiger partial charge < -0.3 is 15.9 Å². The number of hydrogen-bond donors (Lipinski definition) is 3. The first kappa shape index (κ1) is 15.5. The highest BCUT2D eigenvalue weighted by atomic mass is 16.6. The monoisotopic (exact) mass is 302 g/mol. The van der Waals surface area contributed by atoms with Crippen LogP contribution >= 0.6 is 0 Å². The van der Waals surface area contributed by atoms with Crippen LogP contribution in [-0.4, -0.2) is 27.1 Å². The van der Waals surface area contributed by atoms with E-state index in [1.807, 2.05) is 0 Å². The second kappa shape index (κ2) is 6.23. The predicted molar refractivity (Wildman–Crippen MR) is 79.5 cm³/mol. The van der Waals surface area contributed by atoms with Gasteiger partial charge in [0.05, 0.1) is 10.5 Å². The number of nitrogens with two attached hydrogens (primary N) is 1. The molecule has 2 rings (SSSR count). The van der Waals surface area contributed by atoms with Crippen LogP contribution in [-0.2, 0) is 11.2 Å². The van der Waals surface area contributed by atoms with Crippen LogP contribution in [0.1, 0.15) is 5.56 Å². The van der Waals surface area contributed by atoms with Crippen molar-refractivity contribution in [3.8, 4) is 16.9 Å². The normalized spacial score (nSPS) is 11.9. The van der Waals surface area contributed by atoms with E-state index in [0.717, 1.165) is 0 Å². The number of phenolic OH excluding ortho intramolecular Hbond substituents is 1. The Morgan fingerprint density at radius 3 is 2.59 bits per heavy atom. The van der Waals surface area contributed by atoms with Crippen LogP contribution in [0.15, 0.2) is 42.5 Å². The fraction of sp³-hybridized carbons (Fsp3) is 0.133. The Morgan fingerprint density at radius 1 is 1.27 bits per heavy atom. The van der Waals surface area contributed by atoms with Crippen LogP contribution < -0.4 is 5.73 Å². The SMILES string of the molecule is NC(Cc1ccc([N+](=O)[O-])c(-c2cccc(O)c2)c1)C(=O)O. The van der Waals surface area contributed by atoms with Gasteiger partial charge in [-0.25, -0.2) is 0 Å². The van der Waals surface area contributed by atoms with Crippen molar-refractivity contribution in [3.63, 3.8) is 0 Å². The minimum absolute atomic E-state index is 0.0144. The minimum Gasteiger partial charge on any atom is -0.508 e. The Hall–Kier alpha value is -2.93. The number of aliphatic carboxylic acids is 1. The zero-order chi connectivity index (χ0) is 16.3. The Balaban J connectivity index is 2.49. The van der Waals surface area contributed by atoms with Gasteiger partial charge >= 0.3 is 5.97 Å². The molecule has 0 radical (unpaired) electrons. The van der Waals surface area contributed by atoms with Crippen molar-refractivity contribution in [3.05, 3.63) is 58.1 Å². The Morgan fingerprint density at radius 2 is 2.00 bits per heavy atom. The van der Waals surface area contributed by atoms with E-state index in [4.69, 9.17) is 10.8 Å². The molecule has 0 saturated heterocycles. The second-order valence-corrected chi connectivity index (χ2v) is 4.81. The lowest BCUT2D eigenvalue weighted by molar-refractivity contribution is -0.384. The molecule has 0 aliphatic heterocycles. The number of benzene rings is 2. The van der Waals surface area contributed by atoms with Gasteiger partial charge in [0.15, 0.2) is 0 Å². The lowest BCUT2D eigenvalue weighted by Gasteiger charge is -2.09. The number of nitrogens with zero attached hydrogens (tertiary/aromatic N) is 1. The number of rotatable bonds is 5. The van der Waals surface area contributed by atoms with E-state index in [-0.39, 0.29) is 17.9 Å². The highest BCUT2D eigenvalue weighted by Gasteiger charge is 2.18. The molecule has 0 fully saturated rings. The maximum atomic E-state index is 11.1. The van der Waals surface area contributed by atoms with E-state index in [9.17, 15) is 20.0 Å². The van der Waals surface area contributed by atoms with Crippen molar-refractivity contribution in [2.45, 2.75) is 12.5 Å². The molecule has 4 N–H and O–H groups in total. The highest BCUT2D eigenvalue weighted by Crippen LogP contribution is 2.32. The largest absolute Gasteiger partial charge is 0.508 e. The fourth-order valence-corrected chi connectivity index (χ4v) is 2.12. The number of aromatic hydroxyl groups is 1. The summed E-state index contributed by atoms with van der Waals surface area (Å²) in [6.45, 7) is 0. The molecule has 1 atom stereocenters. The zero-order valence-electron chi connectivity index (χ0n) is 11.5. The standard InChI is InChI=1S/C15H14N2O5/c16-13(15(19)20)7-9-4-5-14(17(21)22)12(6-9)10-2-1-3-11(18)8-10/h1-6,8,13,18H,7,16H2,(H,19,20). The summed E-state index contributed by atoms with van der Waals surface area (Å²) >= 11 is 0. The van der Waals surface area contributed by atoms with Gasteiger partial charge in [-0.2, -0.15) is 0 Å². The molecule has 114 valence electrons. The van der Waals surface area contributed by atoms with E-state index in [0.29, 0.717) is 16.7 Å². The molecule has 0 amide bonds. The van der Waals surface area contributed by atoms with Crippen molar-refractivity contribution in [2.24, 2.45) is 5.73 Å². The van der Waals surface area contributed by atoms with Crippen molar-refractivity contribution in [1.29, 1.82) is 0 Å². The molecule has 0 heterocycles. The molecule has 2 aromatic rings. The smallest absolute Gasteiger partial charge is 0.320 e. The van der Waals surface area contributed by atoms with Gasteiger partial charge in [0, 0.05) is 6.07 Å². The summed E-state index contributed by atoms with van der Waals surface area (Å²) in [5.74, 6) is -1.16. The molecule has 0 saturated carbocycles. The molecule has 0 aliphatic rings. The van der Waals surface area contributed by atoms with Crippen molar-refractivity contribution >= 4 is 11.7 Å². The van der Waals surface area contributed by atoms with Gasteiger partial charge in [-0.3, -0.25) is 14.9 Å². The molecular weight excluding hydrogens is 288 g/mol. The number of carboxylic acids is 1. The highest BCUT2D eigenvalue weighted by molar-refractivity contribution is 5.76. The van der Waals surface area contributed by atoms with Crippen molar-refractivity contribution < 1.29 is 19.9 Å². The number of carboxylic acid groups (broad SMARTS) is 1. The molecule has 0 spiro atoms. The first-order valence-electron chi connectivity index (χ1n) is 6.43. The zero-order valence-corrected chi connectivity index (χ0v) is 11.5. The first-order chi connectivity index (χ1) is 10.4. The maximum absolute atomic E-state index is 11.1. The third kappa shape index (κ3) is 3.39. The van der Waals surface area contributed by atoms with Gasteiger partial charge in [0.25, 0.3) is 5.69 Å². The number of nitro benzene ring substituents is 1. The molecule has 0 bridgehead atoms. The quantitative estimate of drug-likeness (QED) is 0.572. The molecule has 1 unspecified atom stereocenters. The summed E-state index contributed by atoms with van der Waals surface area (Å²) in [5.41, 5.74) is 6.70. The lowest BCUT2D eigenvalue weighted by atomic mass is 9.98. The predicted octanol–water partition coefficient (Wildman–Crippen LogP) is 1.92. The second-order valence-electron chi connectivity index (χ2n) is 4.81. The summed E-state index contributed by atoms with van der Waals surface area (Å²) in [4.78, 5) is 21.4. The van der Waals surface area contributed by atoms with E-state index in [2.05, 4.69) is 0 Å². The maximum Gasteiger partial charge on any atom is 0.320 e. The summed E-state index contributed by atoms with van der Waals surface area (Å²) in [6.07, 6.45) is 0.0547. The average Bonchev–Trinajstić information content (AvgIpc) is 2.46. The third-order valence-electron chi connectivity index (χ3n) is 3.19. The molecule has 7 heteroatoms. The van der Waals surface area contributed by atoms with Gasteiger partial charge in [-0.15, -0.1) is 0 Å². The Labute approximate surface area is 125 Å². The first-order valence-corrected chi connectivity index (χ1v) is 6.43. The van der Waals surface area contributed by atoms with Gasteiger partial charge in [-0.1, -0.05) is 18.2 Å². The summed E-state index contributed by atoms with van der Waals surface area (Å²) < 4.78 is 0. The summed E-state index contributed by atoms with van der Waals surface area (Å²) in [7, 11) is 0. The van der Waals surface area contributed by atoms with Gasteiger partial charge in [0.2, 0.25) is 0 Å². The van der Waals surface area contributed by atoms with Crippen LogP contribution in [0.25, 0.3) is 11.1 Å². The molecular formula is C15H14N2O5.